The van der Waals surface area contributed by atoms with Crippen molar-refractivity contribution in [1.82, 2.24) is 19.8 Å². The van der Waals surface area contributed by atoms with Crippen molar-refractivity contribution in [3.8, 4) is 0 Å². The first-order valence-corrected chi connectivity index (χ1v) is 5.31. The number of amides is 2. The second-order valence-electron chi connectivity index (χ2n) is 3.79. The van der Waals surface area contributed by atoms with Gasteiger partial charge in [0.1, 0.15) is 5.82 Å². The number of carbonyl (C=O) groups excluding carboxylic acids is 2. The van der Waals surface area contributed by atoms with Gasteiger partial charge in [0, 0.05) is 27.2 Å². The number of nitrogen functional groups attached to an aromatic ring is 1. The smallest absolute Gasteiger partial charge is 0.360 e. The predicted molar refractivity (Wildman–Crippen MR) is 65.1 cm³/mol. The van der Waals surface area contributed by atoms with Crippen molar-refractivity contribution in [2.24, 2.45) is 0 Å². The highest BCUT2D eigenvalue weighted by molar-refractivity contribution is 5.92. The summed E-state index contributed by atoms with van der Waals surface area (Å²) >= 11 is 0. The Hall–Kier alpha value is -2.25. The summed E-state index contributed by atoms with van der Waals surface area (Å²) in [6.45, 7) is 0.813. The van der Waals surface area contributed by atoms with Gasteiger partial charge in [-0.3, -0.25) is 0 Å². The van der Waals surface area contributed by atoms with E-state index in [4.69, 9.17) is 5.73 Å². The molecule has 8 nitrogen and oxygen atoms in total. The fraction of sp³-hybridized carbons (Fsp3) is 0.500. The van der Waals surface area contributed by atoms with Gasteiger partial charge in [-0.25, -0.2) is 14.6 Å². The Labute approximate surface area is 105 Å². The van der Waals surface area contributed by atoms with Crippen molar-refractivity contribution in [1.29, 1.82) is 0 Å². The molecule has 0 aromatic carbocycles. The van der Waals surface area contributed by atoms with Crippen molar-refractivity contribution in [2.45, 2.75) is 6.54 Å². The second-order valence-corrected chi connectivity index (χ2v) is 3.79. The first-order valence-electron chi connectivity index (χ1n) is 5.31. The van der Waals surface area contributed by atoms with Gasteiger partial charge in [-0.05, 0) is 0 Å². The molecular formula is C10H17N5O3. The van der Waals surface area contributed by atoms with E-state index in [0.717, 1.165) is 0 Å². The van der Waals surface area contributed by atoms with Gasteiger partial charge >= 0.3 is 12.0 Å². The lowest BCUT2D eigenvalue weighted by atomic mass is 10.4. The van der Waals surface area contributed by atoms with E-state index in [9.17, 15) is 9.59 Å². The number of imidazole rings is 1. The summed E-state index contributed by atoms with van der Waals surface area (Å²) in [5.74, 6) is -0.357. The number of aromatic nitrogens is 2. The molecule has 0 aliphatic rings. The van der Waals surface area contributed by atoms with Crippen molar-refractivity contribution in [2.75, 3.05) is 33.5 Å². The van der Waals surface area contributed by atoms with Crippen molar-refractivity contribution >= 4 is 17.8 Å². The van der Waals surface area contributed by atoms with Crippen LogP contribution in [0.5, 0.6) is 0 Å². The number of nitrogens with zero attached hydrogens (tertiary/aromatic N) is 3. The van der Waals surface area contributed by atoms with Gasteiger partial charge in [0.15, 0.2) is 5.69 Å². The monoisotopic (exact) mass is 255 g/mol. The summed E-state index contributed by atoms with van der Waals surface area (Å²) in [6, 6.07) is -0.193. The molecule has 0 fully saturated rings. The highest BCUT2D eigenvalue weighted by Crippen LogP contribution is 2.10. The number of carbonyl (C=O) groups is 2. The lowest BCUT2D eigenvalue weighted by Crippen LogP contribution is -2.36. The van der Waals surface area contributed by atoms with Crippen LogP contribution in [0.15, 0.2) is 6.33 Å². The molecule has 1 aromatic rings. The molecule has 0 atom stereocenters. The van der Waals surface area contributed by atoms with Crippen LogP contribution in [0.3, 0.4) is 0 Å². The van der Waals surface area contributed by atoms with Gasteiger partial charge in [-0.1, -0.05) is 0 Å². The largest absolute Gasteiger partial charge is 0.464 e. The number of anilines is 1. The Morgan fingerprint density at radius 1 is 1.56 bits per heavy atom. The first-order chi connectivity index (χ1) is 8.47. The quantitative estimate of drug-likeness (QED) is 0.708. The molecule has 1 rings (SSSR count). The van der Waals surface area contributed by atoms with Crippen LogP contribution in [0.25, 0.3) is 0 Å². The van der Waals surface area contributed by atoms with Crippen LogP contribution in [0, 0.1) is 0 Å². The minimum atomic E-state index is -0.580. The SMILES string of the molecule is COC(=O)c1ncn(CCNC(=O)N(C)C)c1N. The number of nitrogens with two attached hydrogens (primary N) is 1. The molecule has 3 N–H and O–H groups in total. The topological polar surface area (TPSA) is 102 Å². The minimum absolute atomic E-state index is 0.0800. The molecular weight excluding hydrogens is 238 g/mol. The molecule has 0 saturated carbocycles. The number of hydrogen-bond donors (Lipinski definition) is 2. The summed E-state index contributed by atoms with van der Waals surface area (Å²) in [7, 11) is 4.56. The van der Waals surface area contributed by atoms with E-state index in [-0.39, 0.29) is 17.5 Å². The summed E-state index contributed by atoms with van der Waals surface area (Å²) in [5, 5.41) is 2.68. The number of urea groups is 1. The normalized spacial score (nSPS) is 9.94. The Morgan fingerprint density at radius 2 is 2.22 bits per heavy atom. The molecule has 0 bridgehead atoms. The maximum atomic E-state index is 11.3. The number of rotatable bonds is 4. The summed E-state index contributed by atoms with van der Waals surface area (Å²) in [6.07, 6.45) is 1.43. The van der Waals surface area contributed by atoms with E-state index in [0.29, 0.717) is 13.1 Å². The van der Waals surface area contributed by atoms with E-state index in [2.05, 4.69) is 15.0 Å². The van der Waals surface area contributed by atoms with Gasteiger partial charge in [0.25, 0.3) is 0 Å². The predicted octanol–water partition coefficient (Wildman–Crippen LogP) is -0.477. The molecule has 100 valence electrons. The van der Waals surface area contributed by atoms with Gasteiger partial charge < -0.3 is 25.3 Å². The zero-order valence-corrected chi connectivity index (χ0v) is 10.6. The number of ether oxygens (including phenoxy) is 1. The molecule has 8 heteroatoms. The third-order valence-corrected chi connectivity index (χ3v) is 2.29. The third-order valence-electron chi connectivity index (χ3n) is 2.29. The molecule has 2 amide bonds. The van der Waals surface area contributed by atoms with Crippen molar-refractivity contribution in [3.63, 3.8) is 0 Å². The number of methoxy groups -OCH3 is 1. The zero-order valence-electron chi connectivity index (χ0n) is 10.6. The van der Waals surface area contributed by atoms with E-state index in [1.165, 1.54) is 18.3 Å². The highest BCUT2D eigenvalue weighted by atomic mass is 16.5. The van der Waals surface area contributed by atoms with Crippen LogP contribution in [-0.2, 0) is 11.3 Å². The van der Waals surface area contributed by atoms with Crippen LogP contribution >= 0.6 is 0 Å². The number of esters is 1. The Bertz CT molecular complexity index is 441. The van der Waals surface area contributed by atoms with Gasteiger partial charge in [0.05, 0.1) is 13.4 Å². The fourth-order valence-electron chi connectivity index (χ4n) is 1.27. The van der Waals surface area contributed by atoms with Gasteiger partial charge in [-0.2, -0.15) is 0 Å². The average Bonchev–Trinajstić information content (AvgIpc) is 2.70. The Kier molecular flexibility index (Phi) is 4.52. The molecule has 0 spiro atoms. The van der Waals surface area contributed by atoms with Gasteiger partial charge in [0.2, 0.25) is 0 Å². The molecule has 0 aliphatic carbocycles. The third kappa shape index (κ3) is 3.12. The Morgan fingerprint density at radius 3 is 2.78 bits per heavy atom. The maximum absolute atomic E-state index is 11.3. The number of nitrogens with one attached hydrogen (secondary N) is 1. The maximum Gasteiger partial charge on any atom is 0.360 e. The first kappa shape index (κ1) is 13.8. The highest BCUT2D eigenvalue weighted by Gasteiger charge is 2.15. The average molecular weight is 255 g/mol. The summed E-state index contributed by atoms with van der Waals surface area (Å²) < 4.78 is 6.11. The minimum Gasteiger partial charge on any atom is -0.464 e. The van der Waals surface area contributed by atoms with Crippen LogP contribution in [-0.4, -0.2) is 54.2 Å². The van der Waals surface area contributed by atoms with Crippen LogP contribution in [0.2, 0.25) is 0 Å². The fourth-order valence-corrected chi connectivity index (χ4v) is 1.27. The van der Waals surface area contributed by atoms with E-state index in [1.807, 2.05) is 0 Å². The van der Waals surface area contributed by atoms with E-state index >= 15 is 0 Å². The molecule has 0 radical (unpaired) electrons. The molecule has 18 heavy (non-hydrogen) atoms. The summed E-state index contributed by atoms with van der Waals surface area (Å²) in [5.41, 5.74) is 5.81. The lowest BCUT2D eigenvalue weighted by Gasteiger charge is -2.12. The molecule has 0 unspecified atom stereocenters. The van der Waals surface area contributed by atoms with Crippen molar-refractivity contribution < 1.29 is 14.3 Å². The van der Waals surface area contributed by atoms with Crippen LogP contribution in [0.4, 0.5) is 10.6 Å². The van der Waals surface area contributed by atoms with Gasteiger partial charge in [-0.15, -0.1) is 0 Å². The van der Waals surface area contributed by atoms with E-state index < -0.39 is 5.97 Å². The zero-order chi connectivity index (χ0) is 13.7. The van der Waals surface area contributed by atoms with Crippen LogP contribution < -0.4 is 11.1 Å². The van der Waals surface area contributed by atoms with Crippen LogP contribution in [0.1, 0.15) is 10.5 Å². The number of hydrogen-bond acceptors (Lipinski definition) is 5. The molecule has 0 aliphatic heterocycles. The molecule has 1 heterocycles. The van der Waals surface area contributed by atoms with Crippen molar-refractivity contribution in [3.05, 3.63) is 12.0 Å². The second kappa shape index (κ2) is 5.89. The summed E-state index contributed by atoms with van der Waals surface area (Å²) in [4.78, 5) is 27.8. The van der Waals surface area contributed by atoms with E-state index in [1.54, 1.807) is 18.7 Å². The molecule has 0 saturated heterocycles. The molecule has 1 aromatic heterocycles. The standard InChI is InChI=1S/C10H17N5O3/c1-14(2)10(17)12-4-5-15-6-13-7(8(15)11)9(16)18-3/h6H,4-5,11H2,1-3H3,(H,12,17). The lowest BCUT2D eigenvalue weighted by molar-refractivity contribution is 0.0596. The Balaban J connectivity index is 2.56.